The highest BCUT2D eigenvalue weighted by molar-refractivity contribution is 5.27. The van der Waals surface area contributed by atoms with Crippen LogP contribution in [0.3, 0.4) is 0 Å². The van der Waals surface area contributed by atoms with Gasteiger partial charge in [0.05, 0.1) is 0 Å². The van der Waals surface area contributed by atoms with E-state index >= 15 is 0 Å². The summed E-state index contributed by atoms with van der Waals surface area (Å²) in [6.45, 7) is 9.18. The third-order valence-electron chi connectivity index (χ3n) is 5.37. The first kappa shape index (κ1) is 16.5. The monoisotopic (exact) mass is 288 g/mol. The Bertz CT molecular complexity index is 414. The van der Waals surface area contributed by atoms with Gasteiger partial charge in [-0.25, -0.2) is 0 Å². The normalized spacial score (nSPS) is 24.5. The Morgan fingerprint density at radius 3 is 1.76 bits per heavy atom. The van der Waals surface area contributed by atoms with Crippen LogP contribution in [0.25, 0.3) is 0 Å². The molecule has 0 amide bonds. The fraction of sp³-hybridized carbons (Fsp3) is 0.684. The molecule has 1 aliphatic carbocycles. The summed E-state index contributed by atoms with van der Waals surface area (Å²) in [6, 6.07) is 9.33. The number of nitrogens with two attached hydrogens (primary N) is 1. The van der Waals surface area contributed by atoms with Crippen LogP contribution in [0.5, 0.6) is 0 Å². The second-order valence-electron chi connectivity index (χ2n) is 7.38. The average molecular weight is 288 g/mol. The first-order valence-electron chi connectivity index (χ1n) is 8.59. The Labute approximate surface area is 130 Å². The van der Waals surface area contributed by atoms with Crippen LogP contribution in [0.2, 0.25) is 0 Å². The average Bonchev–Trinajstić information content (AvgIpc) is 2.49. The van der Waals surface area contributed by atoms with E-state index in [-0.39, 0.29) is 0 Å². The zero-order chi connectivity index (χ0) is 15.4. The van der Waals surface area contributed by atoms with E-state index in [1.165, 1.54) is 36.8 Å². The second kappa shape index (κ2) is 7.42. The molecule has 0 spiro atoms. The largest absolute Gasteiger partial charge is 0.271 e. The van der Waals surface area contributed by atoms with E-state index in [1.807, 2.05) is 0 Å². The molecule has 0 aliphatic heterocycles. The molecule has 1 aromatic carbocycles. The highest BCUT2D eigenvalue weighted by atomic mass is 15.2. The minimum absolute atomic E-state index is 0.305. The molecule has 2 heteroatoms. The molecule has 0 aromatic heterocycles. The summed E-state index contributed by atoms with van der Waals surface area (Å²) in [4.78, 5) is 0. The molecular formula is C19H32N2. The van der Waals surface area contributed by atoms with Crippen LogP contribution in [0, 0.1) is 17.8 Å². The van der Waals surface area contributed by atoms with Gasteiger partial charge in [-0.1, -0.05) is 52.0 Å². The Morgan fingerprint density at radius 2 is 1.33 bits per heavy atom. The van der Waals surface area contributed by atoms with Gasteiger partial charge in [-0.3, -0.25) is 11.3 Å². The van der Waals surface area contributed by atoms with Gasteiger partial charge in [-0.15, -0.1) is 0 Å². The third kappa shape index (κ3) is 4.08. The van der Waals surface area contributed by atoms with Gasteiger partial charge in [0.25, 0.3) is 0 Å². The fourth-order valence-corrected chi connectivity index (χ4v) is 3.74. The van der Waals surface area contributed by atoms with Crippen molar-refractivity contribution in [2.75, 3.05) is 0 Å². The summed E-state index contributed by atoms with van der Waals surface area (Å²) in [6.07, 6.45) is 5.29. The minimum Gasteiger partial charge on any atom is -0.271 e. The van der Waals surface area contributed by atoms with E-state index < -0.39 is 0 Å². The van der Waals surface area contributed by atoms with Gasteiger partial charge in [-0.05, 0) is 60.5 Å². The maximum Gasteiger partial charge on any atom is 0.0488 e. The lowest BCUT2D eigenvalue weighted by atomic mass is 9.73. The number of nitrogens with one attached hydrogen (secondary N) is 1. The molecule has 3 N–H and O–H groups in total. The van der Waals surface area contributed by atoms with E-state index in [0.717, 1.165) is 11.8 Å². The van der Waals surface area contributed by atoms with Gasteiger partial charge in [0, 0.05) is 6.04 Å². The van der Waals surface area contributed by atoms with Crippen molar-refractivity contribution in [3.63, 3.8) is 0 Å². The van der Waals surface area contributed by atoms with Crippen molar-refractivity contribution in [1.29, 1.82) is 0 Å². The first-order chi connectivity index (χ1) is 10.0. The van der Waals surface area contributed by atoms with Crippen LogP contribution in [-0.2, 0) is 0 Å². The quantitative estimate of drug-likeness (QED) is 0.604. The second-order valence-corrected chi connectivity index (χ2v) is 7.38. The number of rotatable bonds is 5. The van der Waals surface area contributed by atoms with Crippen LogP contribution in [0.1, 0.15) is 76.5 Å². The molecule has 21 heavy (non-hydrogen) atoms. The molecule has 1 aromatic rings. The summed E-state index contributed by atoms with van der Waals surface area (Å²) < 4.78 is 0. The topological polar surface area (TPSA) is 38.0 Å². The smallest absolute Gasteiger partial charge is 0.0488 e. The van der Waals surface area contributed by atoms with Crippen molar-refractivity contribution in [2.45, 2.75) is 65.3 Å². The van der Waals surface area contributed by atoms with E-state index in [1.54, 1.807) is 0 Å². The molecule has 1 aliphatic rings. The molecule has 1 unspecified atom stereocenters. The SMILES string of the molecule is CC(C)c1ccc(C(NN)C2CCC(C(C)C)CC2)cc1. The predicted molar refractivity (Wildman–Crippen MR) is 90.9 cm³/mol. The van der Waals surface area contributed by atoms with E-state index in [0.29, 0.717) is 17.9 Å². The number of benzene rings is 1. The molecule has 2 nitrogen and oxygen atoms in total. The van der Waals surface area contributed by atoms with Crippen LogP contribution < -0.4 is 11.3 Å². The van der Waals surface area contributed by atoms with Gasteiger partial charge in [0.15, 0.2) is 0 Å². The van der Waals surface area contributed by atoms with Gasteiger partial charge >= 0.3 is 0 Å². The highest BCUT2D eigenvalue weighted by Crippen LogP contribution is 2.39. The van der Waals surface area contributed by atoms with Crippen molar-refractivity contribution in [3.8, 4) is 0 Å². The van der Waals surface area contributed by atoms with Crippen molar-refractivity contribution < 1.29 is 0 Å². The van der Waals surface area contributed by atoms with Crippen molar-refractivity contribution >= 4 is 0 Å². The molecule has 118 valence electrons. The standard InChI is InChI=1S/C19H32N2/c1-13(2)15-5-9-17(10-6-15)19(21-20)18-11-7-16(8-12-18)14(3)4/h5-6,9-10,13-14,16,18-19,21H,7-8,11-12,20H2,1-4H3. The predicted octanol–water partition coefficient (Wildman–Crippen LogP) is 4.78. The van der Waals surface area contributed by atoms with Crippen molar-refractivity contribution in [1.82, 2.24) is 5.43 Å². The molecule has 2 rings (SSSR count). The summed E-state index contributed by atoms with van der Waals surface area (Å²) in [7, 11) is 0. The highest BCUT2D eigenvalue weighted by Gasteiger charge is 2.29. The molecule has 1 fully saturated rings. The van der Waals surface area contributed by atoms with Gasteiger partial charge < -0.3 is 0 Å². The van der Waals surface area contributed by atoms with Gasteiger partial charge in [0.1, 0.15) is 0 Å². The minimum atomic E-state index is 0.305. The Kier molecular flexibility index (Phi) is 5.83. The maximum absolute atomic E-state index is 5.88. The lowest BCUT2D eigenvalue weighted by molar-refractivity contribution is 0.189. The van der Waals surface area contributed by atoms with E-state index in [4.69, 9.17) is 5.84 Å². The van der Waals surface area contributed by atoms with E-state index in [2.05, 4.69) is 57.4 Å². The fourth-order valence-electron chi connectivity index (χ4n) is 3.74. The zero-order valence-electron chi connectivity index (χ0n) is 14.1. The number of hydrogen-bond donors (Lipinski definition) is 2. The number of hydrazine groups is 1. The Balaban J connectivity index is 2.03. The van der Waals surface area contributed by atoms with Crippen LogP contribution in [-0.4, -0.2) is 0 Å². The summed E-state index contributed by atoms with van der Waals surface area (Å²) in [5, 5.41) is 0. The van der Waals surface area contributed by atoms with E-state index in [9.17, 15) is 0 Å². The molecule has 1 saturated carbocycles. The Morgan fingerprint density at radius 1 is 0.857 bits per heavy atom. The molecule has 1 atom stereocenters. The third-order valence-corrected chi connectivity index (χ3v) is 5.37. The molecule has 0 bridgehead atoms. The molecular weight excluding hydrogens is 256 g/mol. The summed E-state index contributed by atoms with van der Waals surface area (Å²) in [5.74, 6) is 8.87. The van der Waals surface area contributed by atoms with Gasteiger partial charge in [0.2, 0.25) is 0 Å². The molecule has 0 radical (unpaired) electrons. The lowest BCUT2D eigenvalue weighted by Gasteiger charge is -2.35. The first-order valence-corrected chi connectivity index (χ1v) is 8.59. The van der Waals surface area contributed by atoms with Crippen molar-refractivity contribution in [3.05, 3.63) is 35.4 Å². The lowest BCUT2D eigenvalue weighted by Crippen LogP contribution is -2.35. The van der Waals surface area contributed by atoms with Crippen LogP contribution >= 0.6 is 0 Å². The van der Waals surface area contributed by atoms with Crippen molar-refractivity contribution in [2.24, 2.45) is 23.6 Å². The van der Waals surface area contributed by atoms with Crippen LogP contribution in [0.4, 0.5) is 0 Å². The summed E-state index contributed by atoms with van der Waals surface area (Å²) in [5.41, 5.74) is 5.82. The molecule has 0 saturated heterocycles. The number of hydrogen-bond acceptors (Lipinski definition) is 2. The summed E-state index contributed by atoms with van der Waals surface area (Å²) >= 11 is 0. The van der Waals surface area contributed by atoms with Gasteiger partial charge in [-0.2, -0.15) is 0 Å². The van der Waals surface area contributed by atoms with Crippen LogP contribution in [0.15, 0.2) is 24.3 Å². The Hall–Kier alpha value is -0.860. The molecule has 0 heterocycles. The zero-order valence-corrected chi connectivity index (χ0v) is 14.1. The maximum atomic E-state index is 5.88.